The molecule has 2 N–H and O–H groups in total. The van der Waals surface area contributed by atoms with Crippen molar-refractivity contribution in [1.29, 1.82) is 0 Å². The minimum Gasteiger partial charge on any atom is -0.324 e. The van der Waals surface area contributed by atoms with Gasteiger partial charge in [0.2, 0.25) is 0 Å². The molecular formula is C9H10F3N. The van der Waals surface area contributed by atoms with Gasteiger partial charge in [0, 0.05) is 17.2 Å². The smallest absolute Gasteiger partial charge is 0.263 e. The van der Waals surface area contributed by atoms with Gasteiger partial charge in [0.1, 0.15) is 5.82 Å². The Morgan fingerprint density at radius 3 is 2.38 bits per heavy atom. The fourth-order valence-electron chi connectivity index (χ4n) is 1.05. The minimum atomic E-state index is -2.59. The Kier molecular flexibility index (Phi) is 2.93. The summed E-state index contributed by atoms with van der Waals surface area (Å²) in [4.78, 5) is 0. The second-order valence-electron chi connectivity index (χ2n) is 2.87. The van der Waals surface area contributed by atoms with E-state index in [0.29, 0.717) is 0 Å². The molecule has 0 spiro atoms. The quantitative estimate of drug-likeness (QED) is 0.760. The Balaban J connectivity index is 3.11. The largest absolute Gasteiger partial charge is 0.324 e. The molecular weight excluding hydrogens is 179 g/mol. The molecule has 0 fully saturated rings. The summed E-state index contributed by atoms with van der Waals surface area (Å²) in [6, 6.07) is 2.61. The lowest BCUT2D eigenvalue weighted by molar-refractivity contribution is 0.151. The van der Waals surface area contributed by atoms with E-state index in [9.17, 15) is 13.2 Å². The average molecular weight is 189 g/mol. The first-order chi connectivity index (χ1) is 6.02. The molecule has 0 saturated heterocycles. The third kappa shape index (κ3) is 2.21. The zero-order chi connectivity index (χ0) is 10.0. The van der Waals surface area contributed by atoms with E-state index in [1.807, 2.05) is 0 Å². The van der Waals surface area contributed by atoms with Crippen LogP contribution < -0.4 is 5.73 Å². The first-order valence-electron chi connectivity index (χ1n) is 3.85. The Hall–Kier alpha value is -1.03. The molecule has 4 heteroatoms. The van der Waals surface area contributed by atoms with Gasteiger partial charge in [-0.3, -0.25) is 0 Å². The van der Waals surface area contributed by atoms with Crippen molar-refractivity contribution in [3.63, 3.8) is 0 Å². The van der Waals surface area contributed by atoms with E-state index in [-0.39, 0.29) is 11.1 Å². The van der Waals surface area contributed by atoms with Gasteiger partial charge in [-0.2, -0.15) is 0 Å². The number of alkyl halides is 2. The van der Waals surface area contributed by atoms with Gasteiger partial charge in [-0.25, -0.2) is 13.2 Å². The molecule has 0 amide bonds. The molecule has 0 heterocycles. The van der Waals surface area contributed by atoms with Gasteiger partial charge in [-0.1, -0.05) is 6.07 Å². The third-order valence-electron chi connectivity index (χ3n) is 1.76. The summed E-state index contributed by atoms with van der Waals surface area (Å²) in [7, 11) is 0. The lowest BCUT2D eigenvalue weighted by atomic mass is 10.1. The predicted molar refractivity (Wildman–Crippen MR) is 44.0 cm³/mol. The Bertz CT molecular complexity index is 297. The normalized spacial score (nSPS) is 13.4. The highest BCUT2D eigenvalue weighted by Crippen LogP contribution is 2.23. The summed E-state index contributed by atoms with van der Waals surface area (Å²) in [5.74, 6) is -0.542. The molecule has 13 heavy (non-hydrogen) atoms. The van der Waals surface area contributed by atoms with Gasteiger partial charge in [0.15, 0.2) is 0 Å². The molecule has 0 saturated carbocycles. The average Bonchev–Trinajstić information content (AvgIpc) is 2.04. The fourth-order valence-corrected chi connectivity index (χ4v) is 1.05. The van der Waals surface area contributed by atoms with E-state index in [1.165, 1.54) is 0 Å². The second kappa shape index (κ2) is 3.79. The molecule has 72 valence electrons. The van der Waals surface area contributed by atoms with Crippen LogP contribution in [-0.2, 0) is 0 Å². The van der Waals surface area contributed by atoms with Crippen molar-refractivity contribution in [3.8, 4) is 0 Å². The molecule has 0 aliphatic rings. The first kappa shape index (κ1) is 10.1. The highest BCUT2D eigenvalue weighted by molar-refractivity contribution is 5.27. The standard InChI is InChI=1S/C9H10F3N/c1-5(13)7-4-6(9(11)12)2-3-8(7)10/h2-5,9H,13H2,1H3/t5-/m0/s1. The maximum Gasteiger partial charge on any atom is 0.263 e. The molecule has 0 radical (unpaired) electrons. The maximum atomic E-state index is 13.0. The zero-order valence-corrected chi connectivity index (χ0v) is 7.10. The molecule has 0 aliphatic heterocycles. The van der Waals surface area contributed by atoms with Crippen molar-refractivity contribution in [2.24, 2.45) is 5.73 Å². The van der Waals surface area contributed by atoms with Gasteiger partial charge in [0.05, 0.1) is 0 Å². The number of hydrogen-bond acceptors (Lipinski definition) is 1. The summed E-state index contributed by atoms with van der Waals surface area (Å²) in [6.45, 7) is 1.55. The molecule has 1 nitrogen and oxygen atoms in total. The van der Waals surface area contributed by atoms with E-state index in [0.717, 1.165) is 18.2 Å². The topological polar surface area (TPSA) is 26.0 Å². The summed E-state index contributed by atoms with van der Waals surface area (Å²) in [5, 5.41) is 0. The molecule has 0 bridgehead atoms. The molecule has 1 rings (SSSR count). The van der Waals surface area contributed by atoms with Gasteiger partial charge >= 0.3 is 0 Å². The maximum absolute atomic E-state index is 13.0. The van der Waals surface area contributed by atoms with E-state index in [2.05, 4.69) is 0 Å². The summed E-state index contributed by atoms with van der Waals surface area (Å²) < 4.78 is 37.3. The monoisotopic (exact) mass is 189 g/mol. The summed E-state index contributed by atoms with van der Waals surface area (Å²) >= 11 is 0. The van der Waals surface area contributed by atoms with Crippen LogP contribution in [0.4, 0.5) is 13.2 Å². The van der Waals surface area contributed by atoms with Gasteiger partial charge in [-0.15, -0.1) is 0 Å². The van der Waals surface area contributed by atoms with Crippen LogP contribution >= 0.6 is 0 Å². The van der Waals surface area contributed by atoms with Crippen molar-refractivity contribution < 1.29 is 13.2 Å². The van der Waals surface area contributed by atoms with Crippen LogP contribution in [0.25, 0.3) is 0 Å². The number of hydrogen-bond donors (Lipinski definition) is 1. The van der Waals surface area contributed by atoms with E-state index in [1.54, 1.807) is 6.92 Å². The number of nitrogens with two attached hydrogens (primary N) is 1. The lowest BCUT2D eigenvalue weighted by Gasteiger charge is -2.08. The van der Waals surface area contributed by atoms with Crippen LogP contribution in [0, 0.1) is 5.82 Å². The van der Waals surface area contributed by atoms with Crippen LogP contribution in [0.15, 0.2) is 18.2 Å². The second-order valence-corrected chi connectivity index (χ2v) is 2.87. The number of benzene rings is 1. The van der Waals surface area contributed by atoms with Crippen molar-refractivity contribution in [2.45, 2.75) is 19.4 Å². The van der Waals surface area contributed by atoms with E-state index >= 15 is 0 Å². The predicted octanol–water partition coefficient (Wildman–Crippen LogP) is 2.78. The van der Waals surface area contributed by atoms with Crippen LogP contribution in [0.2, 0.25) is 0 Å². The van der Waals surface area contributed by atoms with Crippen LogP contribution in [0.3, 0.4) is 0 Å². The van der Waals surface area contributed by atoms with Gasteiger partial charge < -0.3 is 5.73 Å². The molecule has 0 aliphatic carbocycles. The number of halogens is 3. The van der Waals surface area contributed by atoms with E-state index < -0.39 is 18.3 Å². The summed E-state index contributed by atoms with van der Waals surface area (Å²) in [5.41, 5.74) is 5.32. The minimum absolute atomic E-state index is 0.123. The van der Waals surface area contributed by atoms with Crippen molar-refractivity contribution in [3.05, 3.63) is 35.1 Å². The molecule has 1 aromatic carbocycles. The van der Waals surface area contributed by atoms with Crippen molar-refractivity contribution in [1.82, 2.24) is 0 Å². The van der Waals surface area contributed by atoms with E-state index in [4.69, 9.17) is 5.73 Å². The molecule has 1 atom stereocenters. The highest BCUT2D eigenvalue weighted by Gasteiger charge is 2.12. The Morgan fingerprint density at radius 1 is 1.31 bits per heavy atom. The van der Waals surface area contributed by atoms with Crippen LogP contribution in [0.1, 0.15) is 30.5 Å². The van der Waals surface area contributed by atoms with Gasteiger partial charge in [-0.05, 0) is 19.1 Å². The Labute approximate surface area is 74.4 Å². The Morgan fingerprint density at radius 2 is 1.92 bits per heavy atom. The highest BCUT2D eigenvalue weighted by atomic mass is 19.3. The zero-order valence-electron chi connectivity index (χ0n) is 7.10. The molecule has 0 aromatic heterocycles. The third-order valence-corrected chi connectivity index (χ3v) is 1.76. The first-order valence-corrected chi connectivity index (χ1v) is 3.85. The lowest BCUT2D eigenvalue weighted by Crippen LogP contribution is -2.08. The van der Waals surface area contributed by atoms with Gasteiger partial charge in [0.25, 0.3) is 6.43 Å². The fraction of sp³-hybridized carbons (Fsp3) is 0.333. The summed E-state index contributed by atoms with van der Waals surface area (Å²) in [6.07, 6.45) is -2.59. The van der Waals surface area contributed by atoms with Crippen molar-refractivity contribution in [2.75, 3.05) is 0 Å². The SMILES string of the molecule is C[C@H](N)c1cc(C(F)F)ccc1F. The van der Waals surface area contributed by atoms with Crippen LogP contribution in [0.5, 0.6) is 0 Å². The van der Waals surface area contributed by atoms with Crippen molar-refractivity contribution >= 4 is 0 Å². The molecule has 1 aromatic rings. The molecule has 0 unspecified atom stereocenters. The number of rotatable bonds is 2. The van der Waals surface area contributed by atoms with Crippen LogP contribution in [-0.4, -0.2) is 0 Å².